The average Bonchev–Trinajstić information content (AvgIpc) is 2.53. The molecule has 0 heterocycles. The molecular formula is C15H15BNO3. The monoisotopic (exact) mass is 268 g/mol. The summed E-state index contributed by atoms with van der Waals surface area (Å²) < 4.78 is 5.08. The summed E-state index contributed by atoms with van der Waals surface area (Å²) in [4.78, 5) is 12.0. The summed E-state index contributed by atoms with van der Waals surface area (Å²) in [5, 5.41) is 11.8. The van der Waals surface area contributed by atoms with Crippen LogP contribution < -0.4 is 15.5 Å². The van der Waals surface area contributed by atoms with Crippen molar-refractivity contribution in [2.24, 2.45) is 0 Å². The van der Waals surface area contributed by atoms with Gasteiger partial charge in [0, 0.05) is 12.1 Å². The Balaban J connectivity index is 1.97. The molecule has 0 aromatic heterocycles. The summed E-state index contributed by atoms with van der Waals surface area (Å²) in [6, 6.07) is 14.3. The molecule has 0 saturated heterocycles. The van der Waals surface area contributed by atoms with E-state index < -0.39 is 0 Å². The van der Waals surface area contributed by atoms with Gasteiger partial charge < -0.3 is 15.1 Å². The minimum absolute atomic E-state index is 0.176. The molecule has 1 amide bonds. The van der Waals surface area contributed by atoms with Crippen LogP contribution in [0.1, 0.15) is 15.9 Å². The highest BCUT2D eigenvalue weighted by atomic mass is 16.5. The van der Waals surface area contributed by atoms with E-state index in [9.17, 15) is 4.79 Å². The van der Waals surface area contributed by atoms with E-state index in [-0.39, 0.29) is 5.91 Å². The zero-order chi connectivity index (χ0) is 14.4. The topological polar surface area (TPSA) is 58.6 Å². The Morgan fingerprint density at radius 1 is 1.25 bits per heavy atom. The van der Waals surface area contributed by atoms with Crippen LogP contribution in [0.15, 0.2) is 48.5 Å². The molecule has 0 atom stereocenters. The van der Waals surface area contributed by atoms with Crippen molar-refractivity contribution in [3.8, 4) is 5.75 Å². The highest BCUT2D eigenvalue weighted by Gasteiger charge is 2.06. The molecule has 0 aliphatic rings. The van der Waals surface area contributed by atoms with Crippen molar-refractivity contribution < 1.29 is 14.6 Å². The van der Waals surface area contributed by atoms with Crippen molar-refractivity contribution in [1.29, 1.82) is 0 Å². The van der Waals surface area contributed by atoms with Gasteiger partial charge in [0.05, 0.1) is 7.11 Å². The Labute approximate surface area is 118 Å². The van der Waals surface area contributed by atoms with Crippen LogP contribution >= 0.6 is 0 Å². The van der Waals surface area contributed by atoms with Crippen LogP contribution in [0.5, 0.6) is 5.75 Å². The quantitative estimate of drug-likeness (QED) is 0.791. The van der Waals surface area contributed by atoms with Gasteiger partial charge in [-0.05, 0) is 23.8 Å². The number of ether oxygens (including phenoxy) is 1. The normalized spacial score (nSPS) is 9.90. The zero-order valence-electron chi connectivity index (χ0n) is 11.2. The summed E-state index contributed by atoms with van der Waals surface area (Å²) in [5.74, 6) is 0.607. The van der Waals surface area contributed by atoms with Gasteiger partial charge in [0.2, 0.25) is 0 Å². The molecule has 101 valence electrons. The predicted octanol–water partition coefficient (Wildman–Crippen LogP) is 0.862. The average molecular weight is 268 g/mol. The molecule has 20 heavy (non-hydrogen) atoms. The molecule has 2 aromatic rings. The number of hydrogen-bond donors (Lipinski definition) is 2. The molecule has 0 aliphatic heterocycles. The van der Waals surface area contributed by atoms with Crippen LogP contribution in [0.25, 0.3) is 0 Å². The van der Waals surface area contributed by atoms with Crippen molar-refractivity contribution in [3.05, 3.63) is 59.7 Å². The van der Waals surface area contributed by atoms with Crippen LogP contribution in [0.4, 0.5) is 0 Å². The number of rotatable bonds is 5. The lowest BCUT2D eigenvalue weighted by Crippen LogP contribution is -2.24. The summed E-state index contributed by atoms with van der Waals surface area (Å²) in [7, 11) is 2.59. The number of methoxy groups -OCH3 is 1. The van der Waals surface area contributed by atoms with Gasteiger partial charge in [-0.15, -0.1) is 0 Å². The summed E-state index contributed by atoms with van der Waals surface area (Å²) in [6.45, 7) is 0.440. The molecule has 0 bridgehead atoms. The van der Waals surface area contributed by atoms with Gasteiger partial charge in [0.1, 0.15) is 5.75 Å². The third-order valence-electron chi connectivity index (χ3n) is 2.91. The number of carbonyl (C=O) groups is 1. The molecule has 0 spiro atoms. The molecule has 1 radical (unpaired) electrons. The van der Waals surface area contributed by atoms with E-state index in [1.54, 1.807) is 31.4 Å². The Morgan fingerprint density at radius 2 is 2.00 bits per heavy atom. The van der Waals surface area contributed by atoms with E-state index >= 15 is 0 Å². The minimum Gasteiger partial charge on any atom is -0.497 e. The lowest BCUT2D eigenvalue weighted by Gasteiger charge is -2.07. The maximum atomic E-state index is 12.0. The fraction of sp³-hybridized carbons (Fsp3) is 0.133. The van der Waals surface area contributed by atoms with Crippen molar-refractivity contribution in [1.82, 2.24) is 5.32 Å². The van der Waals surface area contributed by atoms with Crippen LogP contribution in [-0.2, 0) is 6.54 Å². The van der Waals surface area contributed by atoms with E-state index in [0.717, 1.165) is 18.8 Å². The maximum absolute atomic E-state index is 12.0. The molecule has 2 rings (SSSR count). The third-order valence-corrected chi connectivity index (χ3v) is 2.91. The van der Waals surface area contributed by atoms with Gasteiger partial charge in [-0.25, -0.2) is 0 Å². The predicted molar refractivity (Wildman–Crippen MR) is 78.2 cm³/mol. The zero-order valence-corrected chi connectivity index (χ0v) is 11.2. The van der Waals surface area contributed by atoms with Crippen molar-refractivity contribution >= 4 is 18.9 Å². The lowest BCUT2D eigenvalue weighted by atomic mass is 9.87. The molecule has 0 aliphatic carbocycles. The molecule has 2 N–H and O–H groups in total. The summed E-state index contributed by atoms with van der Waals surface area (Å²) in [6.07, 6.45) is 0. The van der Waals surface area contributed by atoms with Crippen molar-refractivity contribution in [3.63, 3.8) is 0 Å². The maximum Gasteiger partial charge on any atom is 0.326 e. The fourth-order valence-corrected chi connectivity index (χ4v) is 1.79. The number of amides is 1. The summed E-state index contributed by atoms with van der Waals surface area (Å²) >= 11 is 0. The molecular weight excluding hydrogens is 253 g/mol. The first-order chi connectivity index (χ1) is 9.72. The van der Waals surface area contributed by atoms with Gasteiger partial charge in [0.25, 0.3) is 5.91 Å². The van der Waals surface area contributed by atoms with Crippen molar-refractivity contribution in [2.45, 2.75) is 6.54 Å². The molecule has 0 unspecified atom stereocenters. The number of carbonyl (C=O) groups excluding carboxylic acids is 1. The standard InChI is InChI=1S/C15H15BNO3/c1-20-14-7-5-11(6-8-14)10-17-15(18)12-3-2-4-13(9-12)16-19/h2-9,19H,10H2,1H3,(H,17,18). The Morgan fingerprint density at radius 3 is 2.65 bits per heavy atom. The molecule has 4 nitrogen and oxygen atoms in total. The van der Waals surface area contributed by atoms with Gasteiger partial charge in [-0.1, -0.05) is 35.8 Å². The SMILES string of the molecule is COc1ccc(CNC(=O)c2cccc([B]O)c2)cc1. The highest BCUT2D eigenvalue weighted by Crippen LogP contribution is 2.11. The van der Waals surface area contributed by atoms with Gasteiger partial charge in [0.15, 0.2) is 0 Å². The van der Waals surface area contributed by atoms with Crippen LogP contribution in [0.3, 0.4) is 0 Å². The molecule has 5 heteroatoms. The molecule has 0 saturated carbocycles. The second-order valence-electron chi connectivity index (χ2n) is 4.29. The third kappa shape index (κ3) is 3.62. The van der Waals surface area contributed by atoms with Crippen LogP contribution in [0.2, 0.25) is 0 Å². The fourth-order valence-electron chi connectivity index (χ4n) is 1.79. The van der Waals surface area contributed by atoms with E-state index in [4.69, 9.17) is 9.76 Å². The van der Waals surface area contributed by atoms with Gasteiger partial charge in [-0.3, -0.25) is 4.79 Å². The largest absolute Gasteiger partial charge is 0.497 e. The van der Waals surface area contributed by atoms with Crippen molar-refractivity contribution in [2.75, 3.05) is 7.11 Å². The van der Waals surface area contributed by atoms with E-state index in [0.29, 0.717) is 17.6 Å². The number of benzene rings is 2. The first-order valence-corrected chi connectivity index (χ1v) is 6.21. The first kappa shape index (κ1) is 14.2. The smallest absolute Gasteiger partial charge is 0.326 e. The van der Waals surface area contributed by atoms with Gasteiger partial charge >= 0.3 is 7.48 Å². The minimum atomic E-state index is -0.176. The van der Waals surface area contributed by atoms with Gasteiger partial charge in [-0.2, -0.15) is 0 Å². The Bertz CT molecular complexity index is 584. The highest BCUT2D eigenvalue weighted by molar-refractivity contribution is 6.45. The molecule has 0 fully saturated rings. The van der Waals surface area contributed by atoms with Crippen LogP contribution in [0, 0.1) is 0 Å². The van der Waals surface area contributed by atoms with E-state index in [2.05, 4.69) is 5.32 Å². The number of nitrogens with one attached hydrogen (secondary N) is 1. The van der Waals surface area contributed by atoms with E-state index in [1.165, 1.54) is 0 Å². The first-order valence-electron chi connectivity index (χ1n) is 6.21. The summed E-state index contributed by atoms with van der Waals surface area (Å²) in [5.41, 5.74) is 2.10. The van der Waals surface area contributed by atoms with E-state index in [1.807, 2.05) is 24.3 Å². The Kier molecular flexibility index (Phi) is 4.79. The van der Waals surface area contributed by atoms with Crippen LogP contribution in [-0.4, -0.2) is 25.5 Å². The second-order valence-corrected chi connectivity index (χ2v) is 4.29. The number of hydrogen-bond acceptors (Lipinski definition) is 3. The molecule has 2 aromatic carbocycles. The Hall–Kier alpha value is -2.27. The second kappa shape index (κ2) is 6.77. The lowest BCUT2D eigenvalue weighted by molar-refractivity contribution is 0.0951.